The molecule has 0 radical (unpaired) electrons. The fourth-order valence-electron chi connectivity index (χ4n) is 16.6. The van der Waals surface area contributed by atoms with Crippen molar-refractivity contribution in [2.75, 3.05) is 0 Å². The fourth-order valence-corrected chi connectivity index (χ4v) is 17.7. The first-order valence-corrected chi connectivity index (χ1v) is 43.1. The zero-order chi connectivity index (χ0) is 87.1. The zero-order valence-electron chi connectivity index (χ0n) is 72.0. The average molecular weight is 1680 g/mol. The van der Waals surface area contributed by atoms with Gasteiger partial charge in [-0.05, 0) is 276 Å². The van der Waals surface area contributed by atoms with Crippen molar-refractivity contribution in [3.63, 3.8) is 0 Å². The van der Waals surface area contributed by atoms with Crippen molar-refractivity contribution in [2.45, 2.75) is 155 Å². The number of amides is 4. The van der Waals surface area contributed by atoms with Gasteiger partial charge in [-0.3, -0.25) is 0 Å². The summed E-state index contributed by atoms with van der Waals surface area (Å²) >= 11 is 1.69. The Labute approximate surface area is 729 Å². The number of aromatic amines is 4. The SMILES string of the molecule is CC(C)(C)OC(=O)N[C@H](Cc1ccccc1)c1c2nc(c(-c3ccc4sc5ccc(-c6c7nc(c([C@@H](Cc8ccccc8)NC(=O)OC(C)(C)C)c8ccc(cc9nc(c([C@@H](Cc%10ccccc%10)NC(=O)OC(C)(C)C)c%10ccc6[nH]%10)C=C9)[nH]8)C=C7)cc5c4c3)c3ccc([nH]3)c([C@@H](Cc3ccccc3)NC(=O)OC(C)(C)C)c3nc(cc4ccc1[nH]4)C=C3)C=C2. The van der Waals surface area contributed by atoms with Gasteiger partial charge in [0.2, 0.25) is 0 Å². The molecule has 4 aliphatic heterocycles. The molecule has 0 spiro atoms. The molecule has 0 unspecified atom stereocenters. The van der Waals surface area contributed by atoms with E-state index in [9.17, 15) is 19.2 Å². The van der Waals surface area contributed by atoms with E-state index in [0.717, 1.165) is 120 Å². The van der Waals surface area contributed by atoms with Crippen LogP contribution in [0.5, 0.6) is 0 Å². The number of nitrogens with one attached hydrogen (secondary N) is 8. The lowest BCUT2D eigenvalue weighted by Crippen LogP contribution is -2.36. The quantitative estimate of drug-likeness (QED) is 0.0373. The number of aromatic nitrogens is 8. The Hall–Kier alpha value is -14.2. The number of hydrogen-bond donors (Lipinski definition) is 8. The number of nitrogens with zero attached hydrogens (tertiary/aromatic N) is 4. The summed E-state index contributed by atoms with van der Waals surface area (Å²) in [5.74, 6) is 0. The molecule has 0 saturated heterocycles. The van der Waals surface area contributed by atoms with E-state index in [1.54, 1.807) is 11.3 Å². The minimum atomic E-state index is -0.802. The summed E-state index contributed by atoms with van der Waals surface area (Å²) in [6, 6.07) is 71.0. The fraction of sp³-hybridized carbons (Fsp3) is 0.231. The van der Waals surface area contributed by atoms with Crippen molar-refractivity contribution in [2.24, 2.45) is 0 Å². The molecule has 20 nitrogen and oxygen atoms in total. The molecule has 6 aromatic carbocycles. The molecule has 21 heteroatoms. The Morgan fingerprint density at radius 2 is 0.576 bits per heavy atom. The van der Waals surface area contributed by atoms with Gasteiger partial charge in [0.15, 0.2) is 0 Å². The Morgan fingerprint density at radius 1 is 0.304 bits per heavy atom. The molecule has 125 heavy (non-hydrogen) atoms. The second-order valence-electron chi connectivity index (χ2n) is 35.9. The molecular weight excluding hydrogens is 1580 g/mol. The summed E-state index contributed by atoms with van der Waals surface area (Å²) in [6.45, 7) is 22.2. The molecule has 13 aromatic rings. The largest absolute Gasteiger partial charge is 0.444 e. The van der Waals surface area contributed by atoms with Crippen LogP contribution >= 0.6 is 11.3 Å². The molecular formula is C104H100N12O8S. The third-order valence-corrected chi connectivity index (χ3v) is 22.8. The van der Waals surface area contributed by atoms with Crippen molar-refractivity contribution in [1.82, 2.24) is 61.1 Å². The molecule has 0 saturated carbocycles. The van der Waals surface area contributed by atoms with Crippen LogP contribution < -0.4 is 21.3 Å². The minimum Gasteiger partial charge on any atom is -0.444 e. The Balaban J connectivity index is 0.920. The van der Waals surface area contributed by atoms with Gasteiger partial charge in [-0.25, -0.2) is 39.1 Å². The topological polar surface area (TPSA) is 268 Å². The number of ether oxygens (including phenoxy) is 4. The van der Waals surface area contributed by atoms with Gasteiger partial charge in [-0.15, -0.1) is 11.3 Å². The average Bonchev–Trinajstić information content (AvgIpc) is 1.60. The van der Waals surface area contributed by atoms with Crippen LogP contribution in [0.2, 0.25) is 0 Å². The first-order valence-electron chi connectivity index (χ1n) is 42.3. The smallest absolute Gasteiger partial charge is 0.408 e. The molecule has 4 aliphatic rings. The number of rotatable bonds is 18. The van der Waals surface area contributed by atoms with E-state index in [-0.39, 0.29) is 0 Å². The summed E-state index contributed by atoms with van der Waals surface area (Å²) < 4.78 is 26.2. The highest BCUT2D eigenvalue weighted by atomic mass is 32.1. The second kappa shape index (κ2) is 34.3. The van der Waals surface area contributed by atoms with Gasteiger partial charge in [0.25, 0.3) is 0 Å². The summed E-state index contributed by atoms with van der Waals surface area (Å²) in [5, 5.41) is 15.1. The maximum atomic E-state index is 14.4. The number of fused-ring (bicyclic) bond motifs is 19. The van der Waals surface area contributed by atoms with Crippen LogP contribution in [0.3, 0.4) is 0 Å². The molecule has 11 heterocycles. The monoisotopic (exact) mass is 1680 g/mol. The summed E-state index contributed by atoms with van der Waals surface area (Å²) in [7, 11) is 0. The third kappa shape index (κ3) is 19.5. The van der Waals surface area contributed by atoms with E-state index in [2.05, 4.69) is 138 Å². The summed E-state index contributed by atoms with van der Waals surface area (Å²) in [5.41, 5.74) is 17.7. The highest BCUT2D eigenvalue weighted by Crippen LogP contribution is 2.44. The summed E-state index contributed by atoms with van der Waals surface area (Å²) in [6.07, 6.45) is 15.3. The van der Waals surface area contributed by atoms with Crippen molar-refractivity contribution in [1.29, 1.82) is 0 Å². The van der Waals surface area contributed by atoms with E-state index in [0.29, 0.717) is 82.3 Å². The van der Waals surface area contributed by atoms with Gasteiger partial charge >= 0.3 is 24.4 Å². The van der Waals surface area contributed by atoms with Gasteiger partial charge in [0.1, 0.15) is 22.4 Å². The lowest BCUT2D eigenvalue weighted by molar-refractivity contribution is 0.0491. The molecule has 4 atom stereocenters. The third-order valence-electron chi connectivity index (χ3n) is 21.6. The molecule has 630 valence electrons. The van der Waals surface area contributed by atoms with Crippen molar-refractivity contribution in [3.8, 4) is 22.3 Å². The van der Waals surface area contributed by atoms with E-state index in [1.165, 1.54) is 0 Å². The van der Waals surface area contributed by atoms with E-state index in [1.807, 2.05) is 253 Å². The first kappa shape index (κ1) is 83.1. The number of benzene rings is 6. The lowest BCUT2D eigenvalue weighted by Gasteiger charge is -2.24. The van der Waals surface area contributed by atoms with E-state index in [4.69, 9.17) is 38.9 Å². The van der Waals surface area contributed by atoms with Gasteiger partial charge in [0, 0.05) is 97.7 Å². The van der Waals surface area contributed by atoms with Crippen LogP contribution in [0, 0.1) is 0 Å². The van der Waals surface area contributed by atoms with Crippen molar-refractivity contribution in [3.05, 3.63) is 308 Å². The molecule has 16 bridgehead atoms. The maximum Gasteiger partial charge on any atom is 0.408 e. The van der Waals surface area contributed by atoms with Crippen LogP contribution in [0.4, 0.5) is 19.2 Å². The van der Waals surface area contributed by atoms with Gasteiger partial charge in [0.05, 0.1) is 69.7 Å². The van der Waals surface area contributed by atoms with Crippen molar-refractivity contribution >= 4 is 149 Å². The van der Waals surface area contributed by atoms with E-state index < -0.39 is 70.9 Å². The lowest BCUT2D eigenvalue weighted by atomic mass is 9.97. The van der Waals surface area contributed by atoms with E-state index >= 15 is 0 Å². The summed E-state index contributed by atoms with van der Waals surface area (Å²) in [4.78, 5) is 94.9. The molecule has 0 fully saturated rings. The Kier molecular flexibility index (Phi) is 22.8. The number of carbonyl (C=O) groups excluding carboxylic acids is 4. The van der Waals surface area contributed by atoms with Crippen molar-refractivity contribution < 1.29 is 38.1 Å². The van der Waals surface area contributed by atoms with Gasteiger partial charge in [-0.1, -0.05) is 133 Å². The number of thiophene rings is 1. The molecule has 0 aliphatic carbocycles. The molecule has 7 aromatic heterocycles. The highest BCUT2D eigenvalue weighted by molar-refractivity contribution is 7.25. The first-order chi connectivity index (χ1) is 59.9. The maximum absolute atomic E-state index is 14.4. The standard InChI is InChI=1S/C104H100N12O8S/c1-101(2,3)121-97(117)113-85(53-61-25-17-13-18-26-61)93-77-39-35-67(105-77)59-68-36-40-78(106-68)94(86(54-62-27-19-14-20-28-62)114-98(118)122-102(4,5)6)82-48-44-74(110-82)91(73-43-47-81(93)109-73)65-33-51-89-71(57-65)72-58-66(34-52-90(72)125-89)92-75-45-49-83(111-75)95(87(55-63-29-21-15-22-30-63)115-99(119)123-103(7,8)9)79-41-37-69(107-79)60-70-38-42-80(108-70)96(84-50-46-76(92)112-84)88(56-64-31-23-16-24-32-64)116-100(120)124-104(10,11)12/h13-52,57-60,85-88,105,107,110,112H,53-56H2,1-12H3,(H,113,117)(H,114,118)(H,115,119)(H,116,120)/t85-,86-,87-,88-/m1/s1. The number of hydrogen-bond acceptors (Lipinski definition) is 13. The Bertz CT molecular complexity index is 6290. The minimum absolute atomic E-state index is 0.390. The van der Waals surface area contributed by atoms with Crippen LogP contribution in [0.25, 0.3) is 135 Å². The van der Waals surface area contributed by atoms with Gasteiger partial charge in [-0.2, -0.15) is 0 Å². The molecule has 8 N–H and O–H groups in total. The van der Waals surface area contributed by atoms with Crippen LogP contribution in [0.15, 0.2) is 218 Å². The Morgan fingerprint density at radius 3 is 0.888 bits per heavy atom. The van der Waals surface area contributed by atoms with Crippen LogP contribution in [0.1, 0.15) is 197 Å². The normalized spacial score (nSPS) is 13.6. The second-order valence-corrected chi connectivity index (χ2v) is 37.0. The predicted octanol–water partition coefficient (Wildman–Crippen LogP) is 24.6. The number of carbonyl (C=O) groups is 4. The predicted molar refractivity (Wildman–Crippen MR) is 504 cm³/mol. The van der Waals surface area contributed by atoms with Gasteiger partial charge < -0.3 is 60.2 Å². The molecule has 17 rings (SSSR count). The van der Waals surface area contributed by atoms with Crippen LogP contribution in [-0.2, 0) is 44.6 Å². The molecule has 4 amide bonds. The number of alkyl carbamates (subject to hydrolysis) is 4. The highest BCUT2D eigenvalue weighted by Gasteiger charge is 2.32. The number of H-pyrrole nitrogens is 4. The van der Waals surface area contributed by atoms with Crippen LogP contribution in [-0.4, -0.2) is 86.6 Å². The zero-order valence-corrected chi connectivity index (χ0v) is 72.8.